The molecule has 2 aromatic carbocycles. The van der Waals surface area contributed by atoms with E-state index in [4.69, 9.17) is 14.3 Å². The number of halogens is 1. The summed E-state index contributed by atoms with van der Waals surface area (Å²) in [6.45, 7) is 4.61. The SMILES string of the molecule is COc1cc2c(N[C@H](C)c3cccc(Br)c3)nc(C)nc2cc1OCCCCCCCCC(=O)N(C)OC. The normalized spacial score (nSPS) is 11.8. The second-order valence-corrected chi connectivity index (χ2v) is 10.3. The summed E-state index contributed by atoms with van der Waals surface area (Å²) >= 11 is 3.55. The zero-order valence-corrected chi connectivity index (χ0v) is 24.6. The Labute approximate surface area is 234 Å². The third-order valence-electron chi connectivity index (χ3n) is 6.46. The molecule has 0 aliphatic carbocycles. The van der Waals surface area contributed by atoms with E-state index in [1.54, 1.807) is 14.2 Å². The molecule has 1 N–H and O–H groups in total. The van der Waals surface area contributed by atoms with Crippen LogP contribution < -0.4 is 14.8 Å². The van der Waals surface area contributed by atoms with Gasteiger partial charge in [0.15, 0.2) is 11.5 Å². The molecule has 0 saturated heterocycles. The Kier molecular flexibility index (Phi) is 11.6. The van der Waals surface area contributed by atoms with E-state index in [1.165, 1.54) is 12.2 Å². The predicted molar refractivity (Wildman–Crippen MR) is 155 cm³/mol. The number of carbonyl (C=O) groups is 1. The van der Waals surface area contributed by atoms with Crippen molar-refractivity contribution >= 4 is 38.6 Å². The zero-order chi connectivity index (χ0) is 27.5. The molecule has 0 radical (unpaired) electrons. The number of aromatic nitrogens is 2. The molecule has 3 rings (SSSR count). The number of anilines is 1. The Balaban J connectivity index is 1.55. The van der Waals surface area contributed by atoms with Gasteiger partial charge in [0.2, 0.25) is 5.91 Å². The van der Waals surface area contributed by atoms with Gasteiger partial charge in [0.1, 0.15) is 11.6 Å². The number of fused-ring (bicyclic) bond motifs is 1. The minimum Gasteiger partial charge on any atom is -0.493 e. The van der Waals surface area contributed by atoms with Gasteiger partial charge in [0.25, 0.3) is 0 Å². The Morgan fingerprint density at radius 3 is 2.47 bits per heavy atom. The topological polar surface area (TPSA) is 85.8 Å². The molecule has 8 nitrogen and oxygen atoms in total. The first kappa shape index (κ1) is 29.6. The van der Waals surface area contributed by atoms with Gasteiger partial charge in [0.05, 0.1) is 32.4 Å². The Morgan fingerprint density at radius 1 is 1.03 bits per heavy atom. The number of aryl methyl sites for hydroxylation is 1. The van der Waals surface area contributed by atoms with Gasteiger partial charge in [-0.1, -0.05) is 53.7 Å². The molecule has 1 amide bonds. The maximum absolute atomic E-state index is 11.7. The number of benzene rings is 2. The number of rotatable bonds is 15. The number of amides is 1. The van der Waals surface area contributed by atoms with Crippen molar-refractivity contribution in [3.63, 3.8) is 0 Å². The molecule has 0 fully saturated rings. The fraction of sp³-hybridized carbons (Fsp3) is 0.483. The van der Waals surface area contributed by atoms with E-state index in [0.29, 0.717) is 30.4 Å². The molecule has 1 aromatic heterocycles. The first-order chi connectivity index (χ1) is 18.3. The van der Waals surface area contributed by atoms with Gasteiger partial charge >= 0.3 is 0 Å². The highest BCUT2D eigenvalue weighted by Gasteiger charge is 2.15. The fourth-order valence-corrected chi connectivity index (χ4v) is 4.64. The zero-order valence-electron chi connectivity index (χ0n) is 23.1. The molecule has 1 atom stereocenters. The molecule has 0 unspecified atom stereocenters. The van der Waals surface area contributed by atoms with Crippen LogP contribution in [0, 0.1) is 6.92 Å². The number of hydrogen-bond acceptors (Lipinski definition) is 7. The molecule has 206 valence electrons. The summed E-state index contributed by atoms with van der Waals surface area (Å²) in [5, 5.41) is 5.71. The van der Waals surface area contributed by atoms with Crippen molar-refractivity contribution in [1.29, 1.82) is 0 Å². The summed E-state index contributed by atoms with van der Waals surface area (Å²) in [6.07, 6.45) is 6.70. The molecular formula is C29H39BrN4O4. The van der Waals surface area contributed by atoms with E-state index < -0.39 is 0 Å². The summed E-state index contributed by atoms with van der Waals surface area (Å²) in [7, 11) is 4.79. The first-order valence-electron chi connectivity index (χ1n) is 13.1. The molecule has 1 heterocycles. The average Bonchev–Trinajstić information content (AvgIpc) is 2.90. The number of hydrogen-bond donors (Lipinski definition) is 1. The summed E-state index contributed by atoms with van der Waals surface area (Å²) in [5.74, 6) is 2.82. The standard InChI is InChI=1S/C29H39BrN4O4/c1-20(22-13-12-14-23(30)17-22)31-29-24-18-26(36-4)27(19-25(24)32-21(2)33-29)38-16-11-9-7-6-8-10-15-28(35)34(3)37-5/h12-14,17-20H,6-11,15-16H2,1-5H3,(H,31,32,33)/t20-/m1/s1. The minimum absolute atomic E-state index is 0.0209. The third kappa shape index (κ3) is 8.56. The Morgan fingerprint density at radius 2 is 1.76 bits per heavy atom. The molecule has 9 heteroatoms. The lowest BCUT2D eigenvalue weighted by Gasteiger charge is -2.18. The highest BCUT2D eigenvalue weighted by atomic mass is 79.9. The van der Waals surface area contributed by atoms with E-state index in [1.807, 2.05) is 31.2 Å². The summed E-state index contributed by atoms with van der Waals surface area (Å²) < 4.78 is 12.8. The van der Waals surface area contributed by atoms with Crippen LogP contribution >= 0.6 is 15.9 Å². The second kappa shape index (κ2) is 14.9. The smallest absolute Gasteiger partial charge is 0.245 e. The van der Waals surface area contributed by atoms with Crippen LogP contribution in [0.2, 0.25) is 0 Å². The van der Waals surface area contributed by atoms with Crippen molar-refractivity contribution in [3.8, 4) is 11.5 Å². The van der Waals surface area contributed by atoms with Gasteiger partial charge in [-0.3, -0.25) is 9.63 Å². The monoisotopic (exact) mass is 586 g/mol. The summed E-state index contributed by atoms with van der Waals surface area (Å²) in [4.78, 5) is 26.0. The second-order valence-electron chi connectivity index (χ2n) is 9.35. The van der Waals surface area contributed by atoms with Crippen molar-refractivity contribution in [2.75, 3.05) is 33.2 Å². The van der Waals surface area contributed by atoms with Crippen molar-refractivity contribution in [1.82, 2.24) is 15.0 Å². The van der Waals surface area contributed by atoms with E-state index in [9.17, 15) is 4.79 Å². The molecular weight excluding hydrogens is 548 g/mol. The molecule has 0 aliphatic rings. The van der Waals surface area contributed by atoms with Gasteiger partial charge in [-0.2, -0.15) is 0 Å². The van der Waals surface area contributed by atoms with Gasteiger partial charge in [0, 0.05) is 29.4 Å². The van der Waals surface area contributed by atoms with Gasteiger partial charge < -0.3 is 14.8 Å². The van der Waals surface area contributed by atoms with E-state index >= 15 is 0 Å². The lowest BCUT2D eigenvalue weighted by atomic mass is 10.1. The predicted octanol–water partition coefficient (Wildman–Crippen LogP) is 7.01. The van der Waals surface area contributed by atoms with Crippen molar-refractivity contribution in [2.45, 2.75) is 64.8 Å². The quantitative estimate of drug-likeness (QED) is 0.151. The highest BCUT2D eigenvalue weighted by Crippen LogP contribution is 2.35. The minimum atomic E-state index is 0.0209. The number of nitrogens with one attached hydrogen (secondary N) is 1. The van der Waals surface area contributed by atoms with Gasteiger partial charge in [-0.25, -0.2) is 15.0 Å². The number of unbranched alkanes of at least 4 members (excludes halogenated alkanes) is 5. The van der Waals surface area contributed by atoms with Crippen LogP contribution in [0.5, 0.6) is 11.5 Å². The van der Waals surface area contributed by atoms with Crippen molar-refractivity contribution in [3.05, 3.63) is 52.3 Å². The Hall–Kier alpha value is -2.91. The largest absolute Gasteiger partial charge is 0.493 e. The molecule has 38 heavy (non-hydrogen) atoms. The number of methoxy groups -OCH3 is 1. The maximum atomic E-state index is 11.7. The Bertz CT molecular complexity index is 1210. The van der Waals surface area contributed by atoms with E-state index in [0.717, 1.165) is 65.3 Å². The number of carbonyl (C=O) groups excluding carboxylic acids is 1. The maximum Gasteiger partial charge on any atom is 0.245 e. The van der Waals surface area contributed by atoms with Gasteiger partial charge in [-0.15, -0.1) is 0 Å². The summed E-state index contributed by atoms with van der Waals surface area (Å²) in [6, 6.07) is 12.2. The summed E-state index contributed by atoms with van der Waals surface area (Å²) in [5.41, 5.74) is 1.97. The third-order valence-corrected chi connectivity index (χ3v) is 6.96. The van der Waals surface area contributed by atoms with Crippen LogP contribution in [-0.2, 0) is 9.63 Å². The van der Waals surface area contributed by atoms with Crippen LogP contribution in [0.1, 0.15) is 69.3 Å². The fourth-order valence-electron chi connectivity index (χ4n) is 4.23. The van der Waals surface area contributed by atoms with Crippen LogP contribution in [0.25, 0.3) is 10.9 Å². The first-order valence-corrected chi connectivity index (χ1v) is 13.9. The van der Waals surface area contributed by atoms with Crippen molar-refractivity contribution < 1.29 is 19.1 Å². The van der Waals surface area contributed by atoms with E-state index in [-0.39, 0.29) is 11.9 Å². The van der Waals surface area contributed by atoms with E-state index in [2.05, 4.69) is 50.3 Å². The highest BCUT2D eigenvalue weighted by molar-refractivity contribution is 9.10. The van der Waals surface area contributed by atoms with Crippen LogP contribution in [0.15, 0.2) is 40.9 Å². The van der Waals surface area contributed by atoms with Crippen molar-refractivity contribution in [2.24, 2.45) is 0 Å². The van der Waals surface area contributed by atoms with Crippen LogP contribution in [0.4, 0.5) is 5.82 Å². The lowest BCUT2D eigenvalue weighted by Crippen LogP contribution is -2.24. The van der Waals surface area contributed by atoms with Crippen LogP contribution in [-0.4, -0.2) is 48.8 Å². The number of hydroxylamine groups is 2. The van der Waals surface area contributed by atoms with Gasteiger partial charge in [-0.05, 0) is 50.5 Å². The molecule has 0 spiro atoms. The molecule has 0 saturated carbocycles. The van der Waals surface area contributed by atoms with Crippen LogP contribution in [0.3, 0.4) is 0 Å². The average molecular weight is 588 g/mol. The molecule has 0 bridgehead atoms. The molecule has 3 aromatic rings. The number of nitrogens with zero attached hydrogens (tertiary/aromatic N) is 3. The lowest BCUT2D eigenvalue weighted by molar-refractivity contribution is -0.168. The molecule has 0 aliphatic heterocycles. The number of ether oxygens (including phenoxy) is 2.